The van der Waals surface area contributed by atoms with E-state index < -0.39 is 9.05 Å². The van der Waals surface area contributed by atoms with Crippen LogP contribution >= 0.6 is 0 Å². The van der Waals surface area contributed by atoms with Crippen molar-refractivity contribution in [3.8, 4) is 0 Å². The minimum atomic E-state index is -4.38. The zero-order valence-corrected chi connectivity index (χ0v) is 8.33. The molecule has 0 fully saturated rings. The van der Waals surface area contributed by atoms with Gasteiger partial charge in [0.05, 0.1) is 0 Å². The molecule has 0 saturated heterocycles. The number of hydrogen-bond acceptors (Lipinski definition) is 4. The summed E-state index contributed by atoms with van der Waals surface area (Å²) < 4.78 is 3.63. The van der Waals surface area contributed by atoms with Crippen molar-refractivity contribution in [3.05, 3.63) is 0 Å². The Kier molecular flexibility index (Phi) is 7.48. The van der Waals surface area contributed by atoms with Crippen molar-refractivity contribution in [2.24, 2.45) is 0 Å². The maximum atomic E-state index is 9.50. The fourth-order valence-corrected chi connectivity index (χ4v) is 0. The first kappa shape index (κ1) is 11.5. The second-order valence-corrected chi connectivity index (χ2v) is 2.26. The Morgan fingerprint density at radius 2 is 1.71 bits per heavy atom. The summed E-state index contributed by atoms with van der Waals surface area (Å²) in [5, 5.41) is 0. The minimum absolute atomic E-state index is 0. The van der Waals surface area contributed by atoms with Gasteiger partial charge in [-0.3, -0.25) is 0 Å². The SMILES string of the molecule is CO[Si]([O-])(O)O.[K+]. The van der Waals surface area contributed by atoms with Gasteiger partial charge in [0.15, 0.2) is 0 Å². The quantitative estimate of drug-likeness (QED) is 0.364. The number of hydrogen-bond donors (Lipinski definition) is 2. The third kappa shape index (κ3) is 11.3. The molecule has 0 atom stereocenters. The smallest absolute Gasteiger partial charge is 0.794 e. The van der Waals surface area contributed by atoms with Gasteiger partial charge in [-0.25, -0.2) is 0 Å². The Balaban J connectivity index is 0. The zero-order chi connectivity index (χ0) is 5.21. The molecule has 0 aliphatic heterocycles. The molecule has 4 nitrogen and oxygen atoms in total. The predicted octanol–water partition coefficient (Wildman–Crippen LogP) is -5.58. The van der Waals surface area contributed by atoms with Crippen molar-refractivity contribution in [1.29, 1.82) is 0 Å². The van der Waals surface area contributed by atoms with Gasteiger partial charge in [-0.1, -0.05) is 0 Å². The summed E-state index contributed by atoms with van der Waals surface area (Å²) in [6, 6.07) is 0. The molecule has 0 spiro atoms. The summed E-state index contributed by atoms with van der Waals surface area (Å²) in [5.74, 6) is 0. The largest absolute Gasteiger partial charge is 1.00 e. The van der Waals surface area contributed by atoms with Crippen molar-refractivity contribution in [1.82, 2.24) is 0 Å². The Labute approximate surface area is 85.0 Å². The van der Waals surface area contributed by atoms with E-state index in [0.29, 0.717) is 0 Å². The van der Waals surface area contributed by atoms with E-state index in [1.54, 1.807) is 0 Å². The summed E-state index contributed by atoms with van der Waals surface area (Å²) in [5.41, 5.74) is 0. The summed E-state index contributed by atoms with van der Waals surface area (Å²) >= 11 is 0. The molecule has 0 radical (unpaired) electrons. The molecule has 0 aliphatic rings. The molecule has 0 rings (SSSR count). The van der Waals surface area contributed by atoms with E-state index in [1.807, 2.05) is 0 Å². The molecule has 0 saturated carbocycles. The normalized spacial score (nSPS) is 10.3. The molecule has 38 valence electrons. The van der Waals surface area contributed by atoms with Gasteiger partial charge in [0.25, 0.3) is 0 Å². The van der Waals surface area contributed by atoms with Crippen molar-refractivity contribution in [2.45, 2.75) is 0 Å². The molecule has 0 aliphatic carbocycles. The van der Waals surface area contributed by atoms with Crippen LogP contribution in [0.1, 0.15) is 0 Å². The third-order valence-corrected chi connectivity index (χ3v) is 0.798. The molecule has 0 heterocycles. The van der Waals surface area contributed by atoms with Crippen LogP contribution in [-0.2, 0) is 4.43 Å². The maximum absolute atomic E-state index is 9.50. The van der Waals surface area contributed by atoms with E-state index in [-0.39, 0.29) is 51.4 Å². The third-order valence-electron chi connectivity index (χ3n) is 0.266. The number of rotatable bonds is 1. The molecule has 2 N–H and O–H groups in total. The van der Waals surface area contributed by atoms with Crippen LogP contribution in [-0.4, -0.2) is 25.7 Å². The van der Waals surface area contributed by atoms with Crippen molar-refractivity contribution >= 4 is 9.05 Å². The van der Waals surface area contributed by atoms with Crippen molar-refractivity contribution in [2.75, 3.05) is 7.11 Å². The van der Waals surface area contributed by atoms with Gasteiger partial charge in [-0.2, -0.15) is 0 Å². The van der Waals surface area contributed by atoms with Gasteiger partial charge in [0.1, 0.15) is 0 Å². The van der Waals surface area contributed by atoms with E-state index in [0.717, 1.165) is 7.11 Å². The molecule has 0 aromatic rings. The summed E-state index contributed by atoms with van der Waals surface area (Å²) in [6.07, 6.45) is 0. The topological polar surface area (TPSA) is 72.8 Å². The zero-order valence-electron chi connectivity index (χ0n) is 4.21. The average Bonchev–Trinajstić information content (AvgIpc) is 1.35. The molecule has 0 amide bonds. The second-order valence-electron chi connectivity index (χ2n) is 0.753. The van der Waals surface area contributed by atoms with Crippen LogP contribution in [0.4, 0.5) is 0 Å². The first-order valence-electron chi connectivity index (χ1n) is 1.26. The van der Waals surface area contributed by atoms with Crippen LogP contribution in [0.5, 0.6) is 0 Å². The van der Waals surface area contributed by atoms with Gasteiger partial charge in [0, 0.05) is 7.11 Å². The Morgan fingerprint density at radius 3 is 1.71 bits per heavy atom. The van der Waals surface area contributed by atoms with E-state index in [2.05, 4.69) is 4.43 Å². The first-order valence-corrected chi connectivity index (χ1v) is 2.97. The first-order chi connectivity index (χ1) is 2.56. The predicted molar refractivity (Wildman–Crippen MR) is 17.2 cm³/mol. The molecule has 0 aromatic heterocycles. The summed E-state index contributed by atoms with van der Waals surface area (Å²) in [4.78, 5) is 25.0. The van der Waals surface area contributed by atoms with Crippen LogP contribution in [0.25, 0.3) is 0 Å². The van der Waals surface area contributed by atoms with Crippen LogP contribution in [0, 0.1) is 0 Å². The molecular weight excluding hydrogens is 143 g/mol. The van der Waals surface area contributed by atoms with E-state index in [1.165, 1.54) is 0 Å². The van der Waals surface area contributed by atoms with Gasteiger partial charge < -0.3 is 18.8 Å². The standard InChI is InChI=1S/CH5O4Si.K/c1-5-6(2,3)4;/h2-3H,1H3;/q-1;+1. The van der Waals surface area contributed by atoms with Gasteiger partial charge >= 0.3 is 60.4 Å². The van der Waals surface area contributed by atoms with Crippen LogP contribution in [0.2, 0.25) is 0 Å². The van der Waals surface area contributed by atoms with Crippen LogP contribution in [0.15, 0.2) is 0 Å². The van der Waals surface area contributed by atoms with Gasteiger partial charge in [-0.15, -0.1) is 0 Å². The van der Waals surface area contributed by atoms with Crippen molar-refractivity contribution in [3.63, 3.8) is 0 Å². The molecule has 0 bridgehead atoms. The monoisotopic (exact) mass is 148 g/mol. The molecule has 6 heteroatoms. The average molecular weight is 148 g/mol. The van der Waals surface area contributed by atoms with E-state index >= 15 is 0 Å². The Morgan fingerprint density at radius 1 is 1.57 bits per heavy atom. The van der Waals surface area contributed by atoms with Gasteiger partial charge in [-0.05, 0) is 0 Å². The summed E-state index contributed by atoms with van der Waals surface area (Å²) in [6.45, 7) is 0. The fourth-order valence-electron chi connectivity index (χ4n) is 0. The van der Waals surface area contributed by atoms with Crippen LogP contribution in [0.3, 0.4) is 0 Å². The van der Waals surface area contributed by atoms with Crippen LogP contribution < -0.4 is 56.2 Å². The van der Waals surface area contributed by atoms with Gasteiger partial charge in [0.2, 0.25) is 0 Å². The Hall–Kier alpha value is 1.69. The van der Waals surface area contributed by atoms with Crippen molar-refractivity contribution < 1.29 is 70.2 Å². The van der Waals surface area contributed by atoms with E-state index in [9.17, 15) is 4.80 Å². The fraction of sp³-hybridized carbons (Fsp3) is 1.00. The minimum Gasteiger partial charge on any atom is -0.794 e. The molecule has 0 aromatic carbocycles. The van der Waals surface area contributed by atoms with E-state index in [4.69, 9.17) is 9.59 Å². The summed E-state index contributed by atoms with van der Waals surface area (Å²) in [7, 11) is -3.42. The Bertz CT molecular complexity index is 41.4. The second kappa shape index (κ2) is 4.56. The molecular formula is CH5KO4Si. The molecule has 0 unspecified atom stereocenters. The maximum Gasteiger partial charge on any atom is 1.00 e. The molecule has 7 heavy (non-hydrogen) atoms.